The fourth-order valence-electron chi connectivity index (χ4n) is 3.51. The van der Waals surface area contributed by atoms with Crippen molar-refractivity contribution in [2.75, 3.05) is 0 Å². The molecule has 0 aliphatic heterocycles. The molecule has 0 nitrogen and oxygen atoms in total. The van der Waals surface area contributed by atoms with Crippen LogP contribution < -0.4 is 0 Å². The lowest BCUT2D eigenvalue weighted by molar-refractivity contribution is 0.295. The van der Waals surface area contributed by atoms with Crippen LogP contribution in [0.5, 0.6) is 0 Å². The minimum Gasteiger partial charge on any atom is -0.204 e. The maximum absolute atomic E-state index is 13.3. The van der Waals surface area contributed by atoms with E-state index in [1.807, 2.05) is 0 Å². The summed E-state index contributed by atoms with van der Waals surface area (Å²) in [5.74, 6) is 0.672. The van der Waals surface area contributed by atoms with E-state index in [0.29, 0.717) is 5.92 Å². The number of rotatable bonds is 6. The van der Waals surface area contributed by atoms with Gasteiger partial charge in [-0.05, 0) is 61.1 Å². The average Bonchev–Trinajstić information content (AvgIpc) is 2.50. The van der Waals surface area contributed by atoms with E-state index in [2.05, 4.69) is 13.8 Å². The van der Waals surface area contributed by atoms with Crippen LogP contribution in [0.25, 0.3) is 0 Å². The van der Waals surface area contributed by atoms with Crippen molar-refractivity contribution in [2.45, 2.75) is 71.1 Å². The molecule has 1 aliphatic carbocycles. The molecule has 21 heavy (non-hydrogen) atoms. The maximum atomic E-state index is 13.3. The van der Waals surface area contributed by atoms with Gasteiger partial charge in [-0.25, -0.2) is 8.78 Å². The van der Waals surface area contributed by atoms with Crippen LogP contribution >= 0.6 is 0 Å². The van der Waals surface area contributed by atoms with Gasteiger partial charge in [0.25, 0.3) is 0 Å². The zero-order valence-electron chi connectivity index (χ0n) is 13.4. The van der Waals surface area contributed by atoms with Crippen LogP contribution in [0.4, 0.5) is 8.78 Å². The Morgan fingerprint density at radius 2 is 1.81 bits per heavy atom. The van der Waals surface area contributed by atoms with Crippen molar-refractivity contribution < 1.29 is 8.78 Å². The molecule has 1 aromatic carbocycles. The highest BCUT2D eigenvalue weighted by molar-refractivity contribution is 5.22. The predicted molar refractivity (Wildman–Crippen MR) is 84.4 cm³/mol. The Morgan fingerprint density at radius 1 is 1.10 bits per heavy atom. The highest BCUT2D eigenvalue weighted by Gasteiger charge is 2.22. The van der Waals surface area contributed by atoms with Crippen molar-refractivity contribution in [3.63, 3.8) is 0 Å². The summed E-state index contributed by atoms with van der Waals surface area (Å²) >= 11 is 0. The first kappa shape index (κ1) is 16.5. The molecular formula is C19H28F2. The minimum absolute atomic E-state index is 0.422. The summed E-state index contributed by atoms with van der Waals surface area (Å²) in [5.41, 5.74) is 0.979. The number of halogens is 2. The number of benzene rings is 1. The summed E-state index contributed by atoms with van der Waals surface area (Å²) in [6.45, 7) is 4.59. The molecule has 1 atom stereocenters. The standard InChI is InChI=1S/C19H28F2/c1-3-14(2)5-4-6-15-7-9-16(10-8-15)17-11-12-18(20)19(21)13-17/h11-16H,3-10H2,1-2H3. The zero-order valence-corrected chi connectivity index (χ0v) is 13.4. The molecule has 0 saturated heterocycles. The summed E-state index contributed by atoms with van der Waals surface area (Å²) in [6.07, 6.45) is 10.0. The Labute approximate surface area is 128 Å². The van der Waals surface area contributed by atoms with Gasteiger partial charge in [-0.2, -0.15) is 0 Å². The van der Waals surface area contributed by atoms with Crippen LogP contribution in [-0.2, 0) is 0 Å². The fourth-order valence-corrected chi connectivity index (χ4v) is 3.51. The van der Waals surface area contributed by atoms with E-state index < -0.39 is 11.6 Å². The summed E-state index contributed by atoms with van der Waals surface area (Å²) in [6, 6.07) is 4.42. The van der Waals surface area contributed by atoms with Crippen LogP contribution in [0.15, 0.2) is 18.2 Å². The van der Waals surface area contributed by atoms with Gasteiger partial charge >= 0.3 is 0 Å². The van der Waals surface area contributed by atoms with E-state index >= 15 is 0 Å². The molecule has 118 valence electrons. The topological polar surface area (TPSA) is 0 Å². The monoisotopic (exact) mass is 294 g/mol. The first-order chi connectivity index (χ1) is 10.1. The van der Waals surface area contributed by atoms with Gasteiger partial charge in [0.2, 0.25) is 0 Å². The summed E-state index contributed by atoms with van der Waals surface area (Å²) in [4.78, 5) is 0. The molecule has 1 saturated carbocycles. The van der Waals surface area contributed by atoms with E-state index in [-0.39, 0.29) is 0 Å². The second kappa shape index (κ2) is 7.91. The molecule has 1 fully saturated rings. The number of hydrogen-bond donors (Lipinski definition) is 0. The SMILES string of the molecule is CCC(C)CCCC1CCC(c2ccc(F)c(F)c2)CC1. The van der Waals surface area contributed by atoms with Gasteiger partial charge < -0.3 is 0 Å². The molecule has 0 bridgehead atoms. The molecule has 1 aliphatic rings. The van der Waals surface area contributed by atoms with Crippen LogP contribution in [0.2, 0.25) is 0 Å². The second-order valence-electron chi connectivity index (χ2n) is 6.84. The second-order valence-corrected chi connectivity index (χ2v) is 6.84. The highest BCUT2D eigenvalue weighted by Crippen LogP contribution is 2.38. The van der Waals surface area contributed by atoms with Gasteiger partial charge in [-0.1, -0.05) is 45.6 Å². The van der Waals surface area contributed by atoms with Gasteiger partial charge in [0.1, 0.15) is 0 Å². The van der Waals surface area contributed by atoms with Crippen molar-refractivity contribution in [2.24, 2.45) is 11.8 Å². The molecule has 1 unspecified atom stereocenters. The molecular weight excluding hydrogens is 266 g/mol. The third kappa shape index (κ3) is 4.79. The fraction of sp³-hybridized carbons (Fsp3) is 0.684. The first-order valence-electron chi connectivity index (χ1n) is 8.55. The highest BCUT2D eigenvalue weighted by atomic mass is 19.2. The molecule has 0 heterocycles. The van der Waals surface area contributed by atoms with Crippen LogP contribution in [0, 0.1) is 23.5 Å². The molecule has 0 N–H and O–H groups in total. The first-order valence-corrected chi connectivity index (χ1v) is 8.55. The quantitative estimate of drug-likeness (QED) is 0.565. The average molecular weight is 294 g/mol. The lowest BCUT2D eigenvalue weighted by atomic mass is 9.77. The molecule has 2 rings (SSSR count). The summed E-state index contributed by atoms with van der Waals surface area (Å²) < 4.78 is 26.3. The third-order valence-electron chi connectivity index (χ3n) is 5.27. The van der Waals surface area contributed by atoms with E-state index in [1.54, 1.807) is 6.07 Å². The molecule has 0 aromatic heterocycles. The van der Waals surface area contributed by atoms with E-state index in [4.69, 9.17) is 0 Å². The van der Waals surface area contributed by atoms with E-state index in [0.717, 1.165) is 30.2 Å². The molecule has 0 amide bonds. The van der Waals surface area contributed by atoms with E-state index in [9.17, 15) is 8.78 Å². The lowest BCUT2D eigenvalue weighted by Gasteiger charge is -2.29. The van der Waals surface area contributed by atoms with Crippen LogP contribution in [-0.4, -0.2) is 0 Å². The molecule has 0 spiro atoms. The molecule has 1 aromatic rings. The maximum Gasteiger partial charge on any atom is 0.159 e. The van der Waals surface area contributed by atoms with E-state index in [1.165, 1.54) is 50.7 Å². The van der Waals surface area contributed by atoms with Gasteiger partial charge in [-0.15, -0.1) is 0 Å². The van der Waals surface area contributed by atoms with Crippen LogP contribution in [0.1, 0.15) is 76.7 Å². The Hall–Kier alpha value is -0.920. The number of hydrogen-bond acceptors (Lipinski definition) is 0. The van der Waals surface area contributed by atoms with Gasteiger partial charge in [0, 0.05) is 0 Å². The predicted octanol–water partition coefficient (Wildman–Crippen LogP) is 6.46. The molecule has 0 radical (unpaired) electrons. The third-order valence-corrected chi connectivity index (χ3v) is 5.27. The Morgan fingerprint density at radius 3 is 2.43 bits per heavy atom. The van der Waals surface area contributed by atoms with Crippen molar-refractivity contribution in [3.05, 3.63) is 35.4 Å². The summed E-state index contributed by atoms with van der Waals surface area (Å²) in [5, 5.41) is 0. The van der Waals surface area contributed by atoms with Crippen molar-refractivity contribution >= 4 is 0 Å². The largest absolute Gasteiger partial charge is 0.204 e. The van der Waals surface area contributed by atoms with Crippen molar-refractivity contribution in [1.29, 1.82) is 0 Å². The lowest BCUT2D eigenvalue weighted by Crippen LogP contribution is -2.14. The normalized spacial score (nSPS) is 24.0. The minimum atomic E-state index is -0.738. The van der Waals surface area contributed by atoms with Gasteiger partial charge in [0.05, 0.1) is 0 Å². The van der Waals surface area contributed by atoms with Crippen LogP contribution in [0.3, 0.4) is 0 Å². The van der Waals surface area contributed by atoms with Crippen molar-refractivity contribution in [3.8, 4) is 0 Å². The zero-order chi connectivity index (χ0) is 15.2. The molecule has 2 heteroatoms. The van der Waals surface area contributed by atoms with Gasteiger partial charge in [0.15, 0.2) is 11.6 Å². The Kier molecular flexibility index (Phi) is 6.20. The van der Waals surface area contributed by atoms with Crippen molar-refractivity contribution in [1.82, 2.24) is 0 Å². The van der Waals surface area contributed by atoms with Gasteiger partial charge in [-0.3, -0.25) is 0 Å². The Balaban J connectivity index is 1.76. The smallest absolute Gasteiger partial charge is 0.159 e. The summed E-state index contributed by atoms with van der Waals surface area (Å²) in [7, 11) is 0. The Bertz CT molecular complexity index is 433.